The van der Waals surface area contributed by atoms with Gasteiger partial charge in [0.2, 0.25) is 11.8 Å². The van der Waals surface area contributed by atoms with Gasteiger partial charge >= 0.3 is 5.97 Å². The largest absolute Gasteiger partial charge is 0.477 e. The minimum atomic E-state index is -1.10. The van der Waals surface area contributed by atoms with E-state index < -0.39 is 5.97 Å². The number of fused-ring (bicyclic) bond motifs is 1. The van der Waals surface area contributed by atoms with Crippen LogP contribution in [0, 0.1) is 17.8 Å². The molecule has 0 aromatic carbocycles. The van der Waals surface area contributed by atoms with E-state index in [0.717, 1.165) is 0 Å². The highest BCUT2D eigenvalue weighted by molar-refractivity contribution is 8.03. The van der Waals surface area contributed by atoms with E-state index >= 15 is 0 Å². The first-order valence-electron chi connectivity index (χ1n) is 9.95. The number of hydrogen-bond acceptors (Lipinski definition) is 6. The number of likely N-dealkylation sites (N-methyl/N-ethyl adjacent to an activating group) is 1. The summed E-state index contributed by atoms with van der Waals surface area (Å²) in [5, 5.41) is 13.1. The van der Waals surface area contributed by atoms with Gasteiger partial charge < -0.3 is 25.0 Å². The van der Waals surface area contributed by atoms with Crippen molar-refractivity contribution in [2.24, 2.45) is 17.8 Å². The molecule has 3 rings (SSSR count). The highest BCUT2D eigenvalue weighted by atomic mass is 32.2. The standard InChI is InChI=1S/C20H29N3O5S/c1-9(6-10(2)24)14-15-11(3)17(16(20(27)28)23(15)19(14)26)29-12-7-13(21-8-12)18(25)22(4)5/h9,11-15,21H,6-8H2,1-5H3,(H,27,28)/t9-,11+,12-,13-,14+,15-/m0/s1. The summed E-state index contributed by atoms with van der Waals surface area (Å²) in [6, 6.07) is -0.478. The van der Waals surface area contributed by atoms with Crippen LogP contribution >= 0.6 is 11.8 Å². The van der Waals surface area contributed by atoms with E-state index in [0.29, 0.717) is 24.3 Å². The Labute approximate surface area is 175 Å². The molecule has 29 heavy (non-hydrogen) atoms. The van der Waals surface area contributed by atoms with E-state index in [1.807, 2.05) is 13.8 Å². The van der Waals surface area contributed by atoms with E-state index in [1.165, 1.54) is 23.6 Å². The van der Waals surface area contributed by atoms with E-state index in [1.54, 1.807) is 19.0 Å². The number of hydrogen-bond donors (Lipinski definition) is 2. The normalized spacial score (nSPS) is 32.1. The number of Topliss-reactive ketones (excluding diaryl/α,β-unsaturated/α-hetero) is 1. The molecule has 2 amide bonds. The molecule has 8 nitrogen and oxygen atoms in total. The maximum Gasteiger partial charge on any atom is 0.353 e. The number of carboxylic acids is 1. The molecule has 0 saturated carbocycles. The molecule has 2 fully saturated rings. The molecule has 0 bridgehead atoms. The molecule has 0 aromatic heterocycles. The second-order valence-electron chi connectivity index (χ2n) is 8.58. The van der Waals surface area contributed by atoms with Crippen molar-refractivity contribution in [1.82, 2.24) is 15.1 Å². The first kappa shape index (κ1) is 21.8. The van der Waals surface area contributed by atoms with Crippen LogP contribution in [0.25, 0.3) is 0 Å². The topological polar surface area (TPSA) is 107 Å². The summed E-state index contributed by atoms with van der Waals surface area (Å²) in [5.41, 5.74) is 0.0751. The Balaban J connectivity index is 1.77. The van der Waals surface area contributed by atoms with E-state index in [2.05, 4.69) is 5.32 Å². The number of thioether (sulfide) groups is 1. The van der Waals surface area contributed by atoms with Crippen LogP contribution in [-0.2, 0) is 19.2 Å². The maximum absolute atomic E-state index is 12.8. The molecule has 0 spiro atoms. The van der Waals surface area contributed by atoms with Crippen LogP contribution in [0.15, 0.2) is 10.6 Å². The number of rotatable bonds is 7. The smallest absolute Gasteiger partial charge is 0.353 e. The lowest BCUT2D eigenvalue weighted by atomic mass is 9.73. The number of amides is 2. The maximum atomic E-state index is 12.8. The predicted molar refractivity (Wildman–Crippen MR) is 109 cm³/mol. The highest BCUT2D eigenvalue weighted by Crippen LogP contribution is 2.53. The van der Waals surface area contributed by atoms with Crippen molar-refractivity contribution in [2.45, 2.75) is 50.9 Å². The Hall–Kier alpha value is -1.87. The summed E-state index contributed by atoms with van der Waals surface area (Å²) in [4.78, 5) is 52.1. The molecule has 0 aromatic rings. The zero-order valence-electron chi connectivity index (χ0n) is 17.5. The Morgan fingerprint density at radius 1 is 1.34 bits per heavy atom. The number of carbonyl (C=O) groups excluding carboxylic acids is 3. The fourth-order valence-corrected chi connectivity index (χ4v) is 6.30. The first-order valence-corrected chi connectivity index (χ1v) is 10.8. The number of aliphatic carboxylic acids is 1. The van der Waals surface area contributed by atoms with Crippen molar-refractivity contribution in [3.05, 3.63) is 10.6 Å². The van der Waals surface area contributed by atoms with Gasteiger partial charge in [-0.3, -0.25) is 9.59 Å². The molecule has 0 radical (unpaired) electrons. The Morgan fingerprint density at radius 2 is 2.00 bits per heavy atom. The summed E-state index contributed by atoms with van der Waals surface area (Å²) in [6.07, 6.45) is 0.937. The van der Waals surface area contributed by atoms with Crippen molar-refractivity contribution in [2.75, 3.05) is 20.6 Å². The predicted octanol–water partition coefficient (Wildman–Crippen LogP) is 0.926. The first-order chi connectivity index (χ1) is 13.5. The third-order valence-corrected chi connectivity index (χ3v) is 7.65. The van der Waals surface area contributed by atoms with Crippen LogP contribution in [-0.4, -0.2) is 76.4 Å². The number of nitrogens with one attached hydrogen (secondary N) is 1. The zero-order valence-corrected chi connectivity index (χ0v) is 18.3. The lowest BCUT2D eigenvalue weighted by Crippen LogP contribution is -2.62. The summed E-state index contributed by atoms with van der Waals surface area (Å²) < 4.78 is 0. The van der Waals surface area contributed by atoms with Gasteiger partial charge in [-0.1, -0.05) is 13.8 Å². The quantitative estimate of drug-likeness (QED) is 0.587. The van der Waals surface area contributed by atoms with E-state index in [4.69, 9.17) is 0 Å². The van der Waals surface area contributed by atoms with E-state index in [9.17, 15) is 24.3 Å². The van der Waals surface area contributed by atoms with Crippen LogP contribution < -0.4 is 5.32 Å². The van der Waals surface area contributed by atoms with Crippen molar-refractivity contribution < 1.29 is 24.3 Å². The summed E-state index contributed by atoms with van der Waals surface area (Å²) >= 11 is 1.47. The van der Waals surface area contributed by atoms with Gasteiger partial charge in [0.05, 0.1) is 18.0 Å². The Bertz CT molecular complexity index is 780. The summed E-state index contributed by atoms with van der Waals surface area (Å²) in [6.45, 7) is 5.97. The van der Waals surface area contributed by atoms with Gasteiger partial charge in [-0.05, 0) is 19.3 Å². The number of ketones is 1. The van der Waals surface area contributed by atoms with Crippen LogP contribution in [0.5, 0.6) is 0 Å². The third-order valence-electron chi connectivity index (χ3n) is 6.14. The zero-order chi connectivity index (χ0) is 21.6. The fourth-order valence-electron chi connectivity index (χ4n) is 4.82. The molecule has 160 valence electrons. The molecular weight excluding hydrogens is 394 g/mol. The van der Waals surface area contributed by atoms with Crippen LogP contribution in [0.2, 0.25) is 0 Å². The van der Waals surface area contributed by atoms with Crippen LogP contribution in [0.4, 0.5) is 0 Å². The van der Waals surface area contributed by atoms with Gasteiger partial charge in [0.1, 0.15) is 11.5 Å². The number of β-lactam (4-membered cyclic amide) rings is 1. The fraction of sp³-hybridized carbons (Fsp3) is 0.700. The molecule has 0 unspecified atom stereocenters. The molecule has 6 atom stereocenters. The number of carbonyl (C=O) groups is 4. The minimum absolute atomic E-state index is 0.0112. The van der Waals surface area contributed by atoms with Gasteiger partial charge in [0.25, 0.3) is 0 Å². The third kappa shape index (κ3) is 3.82. The second-order valence-corrected chi connectivity index (χ2v) is 9.93. The van der Waals surface area contributed by atoms with Crippen LogP contribution in [0.3, 0.4) is 0 Å². The number of carboxylic acid groups (broad SMARTS) is 1. The van der Waals surface area contributed by atoms with Crippen LogP contribution in [0.1, 0.15) is 33.6 Å². The molecule has 3 aliphatic rings. The lowest BCUT2D eigenvalue weighted by molar-refractivity contribution is -0.160. The molecule has 0 aliphatic carbocycles. The minimum Gasteiger partial charge on any atom is -0.477 e. The van der Waals surface area contributed by atoms with Crippen molar-refractivity contribution >= 4 is 35.3 Å². The summed E-state index contributed by atoms with van der Waals surface area (Å²) in [5.74, 6) is -1.80. The summed E-state index contributed by atoms with van der Waals surface area (Å²) in [7, 11) is 3.43. The average molecular weight is 424 g/mol. The molecule has 9 heteroatoms. The van der Waals surface area contributed by atoms with E-state index in [-0.39, 0.29) is 58.4 Å². The molecule has 3 heterocycles. The van der Waals surface area contributed by atoms with Gasteiger partial charge in [0, 0.05) is 43.1 Å². The second kappa shape index (κ2) is 8.10. The van der Waals surface area contributed by atoms with Crippen molar-refractivity contribution in [3.8, 4) is 0 Å². The number of nitrogens with zero attached hydrogens (tertiary/aromatic N) is 2. The monoisotopic (exact) mass is 423 g/mol. The molecular formula is C20H29N3O5S. The van der Waals surface area contributed by atoms with Gasteiger partial charge in [0.15, 0.2) is 0 Å². The van der Waals surface area contributed by atoms with Gasteiger partial charge in [-0.25, -0.2) is 4.79 Å². The van der Waals surface area contributed by atoms with Gasteiger partial charge in [-0.15, -0.1) is 11.8 Å². The molecule has 3 aliphatic heterocycles. The Kier molecular flexibility index (Phi) is 6.10. The average Bonchev–Trinajstić information content (AvgIpc) is 3.16. The highest BCUT2D eigenvalue weighted by Gasteiger charge is 2.60. The van der Waals surface area contributed by atoms with Crippen molar-refractivity contribution in [1.29, 1.82) is 0 Å². The lowest BCUT2D eigenvalue weighted by Gasteiger charge is -2.47. The van der Waals surface area contributed by atoms with Crippen molar-refractivity contribution in [3.63, 3.8) is 0 Å². The molecule has 2 saturated heterocycles. The van der Waals surface area contributed by atoms with Gasteiger partial charge in [-0.2, -0.15) is 0 Å². The molecule has 2 N–H and O–H groups in total. The Morgan fingerprint density at radius 3 is 2.55 bits per heavy atom. The SMILES string of the molecule is CC(=O)C[C@H](C)[C@H]1C(=O)N2C(C(=O)O)=C(S[C@@H]3CN[C@H](C(=O)N(C)C)C3)[C@H](C)[C@@H]12.